The van der Waals surface area contributed by atoms with Crippen molar-refractivity contribution in [1.82, 2.24) is 15.1 Å². The maximum atomic E-state index is 12.0. The van der Waals surface area contributed by atoms with E-state index in [0.717, 1.165) is 13.1 Å². The van der Waals surface area contributed by atoms with Gasteiger partial charge in [-0.05, 0) is 19.3 Å². The van der Waals surface area contributed by atoms with Crippen LogP contribution in [0.15, 0.2) is 0 Å². The first-order chi connectivity index (χ1) is 10.4. The Bertz CT molecular complexity index is 508. The van der Waals surface area contributed by atoms with E-state index in [-0.39, 0.29) is 18.2 Å². The van der Waals surface area contributed by atoms with Crippen LogP contribution in [-0.2, 0) is 14.6 Å². The van der Waals surface area contributed by atoms with E-state index in [1.807, 2.05) is 6.92 Å². The lowest BCUT2D eigenvalue weighted by molar-refractivity contribution is -0.131. The molecule has 1 aliphatic carbocycles. The minimum Gasteiger partial charge on any atom is -0.339 e. The standard InChI is InChI=1S/C14H25N3O4S/c1-2-3-10-22(20,21)14(19)15-11-13(18)17-8-6-16(7-9-17)12-4-5-12/h12H,2-11H2,1H3,(H,15,19). The number of amides is 2. The van der Waals surface area contributed by atoms with Gasteiger partial charge in [0.25, 0.3) is 0 Å². The Morgan fingerprint density at radius 1 is 1.14 bits per heavy atom. The van der Waals surface area contributed by atoms with Gasteiger partial charge in [-0.25, -0.2) is 8.42 Å². The molecule has 0 spiro atoms. The van der Waals surface area contributed by atoms with Crippen molar-refractivity contribution in [3.63, 3.8) is 0 Å². The van der Waals surface area contributed by atoms with Crippen LogP contribution in [0, 0.1) is 0 Å². The van der Waals surface area contributed by atoms with Crippen molar-refractivity contribution in [2.75, 3.05) is 38.5 Å². The molecule has 7 nitrogen and oxygen atoms in total. The second kappa shape index (κ2) is 7.41. The number of sulfone groups is 1. The van der Waals surface area contributed by atoms with E-state index in [2.05, 4.69) is 10.2 Å². The van der Waals surface area contributed by atoms with Crippen molar-refractivity contribution in [3.8, 4) is 0 Å². The minimum atomic E-state index is -3.79. The number of nitrogens with one attached hydrogen (secondary N) is 1. The van der Waals surface area contributed by atoms with Gasteiger partial charge in [-0.1, -0.05) is 13.3 Å². The molecule has 0 radical (unpaired) electrons. The summed E-state index contributed by atoms with van der Waals surface area (Å²) in [5.74, 6) is -0.377. The summed E-state index contributed by atoms with van der Waals surface area (Å²) in [7, 11) is -3.79. The van der Waals surface area contributed by atoms with Crippen molar-refractivity contribution in [1.29, 1.82) is 0 Å². The Kier molecular flexibility index (Phi) is 5.80. The van der Waals surface area contributed by atoms with Gasteiger partial charge in [0, 0.05) is 32.2 Å². The largest absolute Gasteiger partial charge is 0.339 e. The van der Waals surface area contributed by atoms with E-state index in [4.69, 9.17) is 0 Å². The highest BCUT2D eigenvalue weighted by atomic mass is 32.2. The monoisotopic (exact) mass is 331 g/mol. The Morgan fingerprint density at radius 3 is 2.32 bits per heavy atom. The molecule has 2 amide bonds. The second-order valence-electron chi connectivity index (χ2n) is 5.96. The zero-order chi connectivity index (χ0) is 16.2. The quantitative estimate of drug-likeness (QED) is 0.752. The average molecular weight is 331 g/mol. The Labute approximate surface area is 131 Å². The van der Waals surface area contributed by atoms with Gasteiger partial charge >= 0.3 is 5.24 Å². The van der Waals surface area contributed by atoms with E-state index in [1.54, 1.807) is 4.90 Å². The molecule has 1 saturated carbocycles. The molecule has 2 rings (SSSR count). The number of hydrogen-bond acceptors (Lipinski definition) is 5. The van der Waals surface area contributed by atoms with Crippen LogP contribution < -0.4 is 5.32 Å². The smallest absolute Gasteiger partial charge is 0.336 e. The first-order valence-corrected chi connectivity index (χ1v) is 9.61. The van der Waals surface area contributed by atoms with Gasteiger partial charge in [0.1, 0.15) is 0 Å². The van der Waals surface area contributed by atoms with Crippen molar-refractivity contribution in [3.05, 3.63) is 0 Å². The predicted octanol–water partition coefficient (Wildman–Crippen LogP) is 0.218. The topological polar surface area (TPSA) is 86.8 Å². The molecular formula is C14H25N3O4S. The highest BCUT2D eigenvalue weighted by Crippen LogP contribution is 2.27. The Balaban J connectivity index is 1.72. The Morgan fingerprint density at radius 2 is 1.77 bits per heavy atom. The third-order valence-electron chi connectivity index (χ3n) is 4.16. The molecule has 1 heterocycles. The van der Waals surface area contributed by atoms with Gasteiger partial charge in [0.05, 0.1) is 12.3 Å². The molecular weight excluding hydrogens is 306 g/mol. The zero-order valence-corrected chi connectivity index (χ0v) is 13.9. The van der Waals surface area contributed by atoms with Gasteiger partial charge in [-0.3, -0.25) is 14.5 Å². The van der Waals surface area contributed by atoms with Crippen LogP contribution in [0.2, 0.25) is 0 Å². The molecule has 0 aromatic heterocycles. The molecule has 0 aromatic rings. The van der Waals surface area contributed by atoms with Crippen molar-refractivity contribution in [2.45, 2.75) is 38.6 Å². The average Bonchev–Trinajstić information content (AvgIpc) is 3.35. The van der Waals surface area contributed by atoms with E-state index in [1.165, 1.54) is 12.8 Å². The van der Waals surface area contributed by atoms with Gasteiger partial charge in [0.15, 0.2) is 0 Å². The van der Waals surface area contributed by atoms with Crippen LogP contribution in [0.25, 0.3) is 0 Å². The summed E-state index contributed by atoms with van der Waals surface area (Å²) >= 11 is 0. The van der Waals surface area contributed by atoms with Crippen LogP contribution in [0.3, 0.4) is 0 Å². The summed E-state index contributed by atoms with van der Waals surface area (Å²) in [6.45, 7) is 4.63. The minimum absolute atomic E-state index is 0.163. The van der Waals surface area contributed by atoms with Crippen LogP contribution in [0.1, 0.15) is 32.6 Å². The summed E-state index contributed by atoms with van der Waals surface area (Å²) in [5.41, 5.74) is 0. The molecule has 2 aliphatic rings. The van der Waals surface area contributed by atoms with Gasteiger partial charge in [-0.2, -0.15) is 0 Å². The van der Waals surface area contributed by atoms with Crippen LogP contribution in [-0.4, -0.2) is 73.9 Å². The number of hydrogen-bond donors (Lipinski definition) is 1. The number of carbonyl (C=O) groups is 2. The van der Waals surface area contributed by atoms with Crippen molar-refractivity contribution in [2.24, 2.45) is 0 Å². The fourth-order valence-electron chi connectivity index (χ4n) is 2.57. The highest BCUT2D eigenvalue weighted by Gasteiger charge is 2.32. The van der Waals surface area contributed by atoms with Gasteiger partial charge in [-0.15, -0.1) is 0 Å². The predicted molar refractivity (Wildman–Crippen MR) is 83.3 cm³/mol. The number of unbranched alkanes of at least 4 members (excludes halogenated alkanes) is 1. The first-order valence-electron chi connectivity index (χ1n) is 7.96. The molecule has 126 valence electrons. The maximum absolute atomic E-state index is 12.0. The molecule has 1 saturated heterocycles. The fourth-order valence-corrected chi connectivity index (χ4v) is 3.72. The molecule has 2 fully saturated rings. The molecule has 8 heteroatoms. The second-order valence-corrected chi connectivity index (χ2v) is 7.97. The zero-order valence-electron chi connectivity index (χ0n) is 13.1. The normalized spacial score (nSPS) is 20.0. The van der Waals surface area contributed by atoms with E-state index < -0.39 is 15.1 Å². The molecule has 0 aromatic carbocycles. The summed E-state index contributed by atoms with van der Waals surface area (Å²) in [5, 5.41) is 1.21. The summed E-state index contributed by atoms with van der Waals surface area (Å²) in [6, 6.07) is 0.695. The third-order valence-corrected chi connectivity index (χ3v) is 5.70. The SMILES string of the molecule is CCCCS(=O)(=O)C(=O)NCC(=O)N1CCN(C2CC2)CC1. The van der Waals surface area contributed by atoms with Gasteiger partial charge < -0.3 is 10.2 Å². The molecule has 22 heavy (non-hydrogen) atoms. The van der Waals surface area contributed by atoms with Crippen molar-refractivity contribution < 1.29 is 18.0 Å². The molecule has 1 aliphatic heterocycles. The fraction of sp³-hybridized carbons (Fsp3) is 0.857. The lowest BCUT2D eigenvalue weighted by atomic mass is 10.3. The van der Waals surface area contributed by atoms with E-state index in [0.29, 0.717) is 32.0 Å². The maximum Gasteiger partial charge on any atom is 0.336 e. The number of rotatable bonds is 6. The molecule has 0 bridgehead atoms. The molecule has 0 atom stereocenters. The number of carbonyl (C=O) groups excluding carboxylic acids is 2. The lowest BCUT2D eigenvalue weighted by Crippen LogP contribution is -2.52. The van der Waals surface area contributed by atoms with E-state index >= 15 is 0 Å². The van der Waals surface area contributed by atoms with Crippen LogP contribution >= 0.6 is 0 Å². The van der Waals surface area contributed by atoms with Crippen molar-refractivity contribution >= 4 is 21.0 Å². The summed E-state index contributed by atoms with van der Waals surface area (Å²) < 4.78 is 23.3. The number of nitrogens with zero attached hydrogens (tertiary/aromatic N) is 2. The third kappa shape index (κ3) is 4.67. The van der Waals surface area contributed by atoms with Gasteiger partial charge in [0.2, 0.25) is 15.7 Å². The van der Waals surface area contributed by atoms with Crippen LogP contribution in [0.4, 0.5) is 4.79 Å². The number of piperazine rings is 1. The van der Waals surface area contributed by atoms with Crippen LogP contribution in [0.5, 0.6) is 0 Å². The summed E-state index contributed by atoms with van der Waals surface area (Å²) in [6.07, 6.45) is 3.66. The summed E-state index contributed by atoms with van der Waals surface area (Å²) in [4.78, 5) is 27.7. The highest BCUT2D eigenvalue weighted by molar-refractivity contribution is 8.06. The lowest BCUT2D eigenvalue weighted by Gasteiger charge is -2.34. The Hall–Kier alpha value is -1.15. The van der Waals surface area contributed by atoms with E-state index in [9.17, 15) is 18.0 Å². The molecule has 1 N–H and O–H groups in total. The first kappa shape index (κ1) is 17.2. The molecule has 0 unspecified atom stereocenters.